The molecule has 0 radical (unpaired) electrons. The fourth-order valence-electron chi connectivity index (χ4n) is 4.51. The molecule has 1 fully saturated rings. The smallest absolute Gasteiger partial charge is 0.411 e. The van der Waals surface area contributed by atoms with Crippen molar-refractivity contribution in [1.82, 2.24) is 25.2 Å². The van der Waals surface area contributed by atoms with E-state index in [1.807, 2.05) is 50.2 Å². The third kappa shape index (κ3) is 4.98. The SMILES string of the molecule is CC(C)OC(=O)Nc1ccc(-c2c(N)c3ccc(OCCCc4nn[nH]n4)cc3n2C2CCC2)cc1. The number of anilines is 2. The number of aryl methyl sites for hydroxylation is 1. The average Bonchev–Trinajstić information content (AvgIpc) is 3.43. The zero-order valence-corrected chi connectivity index (χ0v) is 20.5. The third-order valence-corrected chi connectivity index (χ3v) is 6.40. The molecule has 2 aromatic heterocycles. The minimum atomic E-state index is -0.467. The molecule has 2 heterocycles. The van der Waals surface area contributed by atoms with Gasteiger partial charge in [0, 0.05) is 35.2 Å². The van der Waals surface area contributed by atoms with Crippen LogP contribution in [0.15, 0.2) is 42.5 Å². The van der Waals surface area contributed by atoms with Crippen LogP contribution in [-0.4, -0.2) is 44.0 Å². The van der Waals surface area contributed by atoms with Crippen molar-refractivity contribution in [2.75, 3.05) is 17.7 Å². The number of nitrogen functional groups attached to an aromatic ring is 1. The number of aromatic amines is 1. The van der Waals surface area contributed by atoms with Crippen LogP contribution in [0, 0.1) is 0 Å². The van der Waals surface area contributed by atoms with Gasteiger partial charge >= 0.3 is 6.09 Å². The molecule has 10 heteroatoms. The average molecular weight is 490 g/mol. The summed E-state index contributed by atoms with van der Waals surface area (Å²) in [6.07, 6.45) is 4.29. The van der Waals surface area contributed by atoms with Gasteiger partial charge in [0.15, 0.2) is 5.82 Å². The van der Waals surface area contributed by atoms with Crippen molar-refractivity contribution in [2.45, 2.75) is 58.1 Å². The van der Waals surface area contributed by atoms with Gasteiger partial charge in [0.1, 0.15) is 5.75 Å². The van der Waals surface area contributed by atoms with E-state index in [9.17, 15) is 4.79 Å². The maximum atomic E-state index is 11.9. The van der Waals surface area contributed by atoms with Gasteiger partial charge in [0.25, 0.3) is 0 Å². The molecule has 0 bridgehead atoms. The second kappa shape index (κ2) is 10.3. The quantitative estimate of drug-likeness (QED) is 0.279. The lowest BCUT2D eigenvalue weighted by Gasteiger charge is -2.30. The maximum Gasteiger partial charge on any atom is 0.411 e. The minimum absolute atomic E-state index is 0.179. The first kappa shape index (κ1) is 23.7. The Morgan fingerprint density at radius 1 is 1.22 bits per heavy atom. The summed E-state index contributed by atoms with van der Waals surface area (Å²) in [7, 11) is 0. The number of carbonyl (C=O) groups is 1. The van der Waals surface area contributed by atoms with Gasteiger partial charge in [-0.15, -0.1) is 10.2 Å². The lowest BCUT2D eigenvalue weighted by atomic mass is 9.92. The molecule has 1 aliphatic carbocycles. The van der Waals surface area contributed by atoms with E-state index in [4.69, 9.17) is 15.2 Å². The van der Waals surface area contributed by atoms with Gasteiger partial charge in [0.05, 0.1) is 29.6 Å². The number of amides is 1. The highest BCUT2D eigenvalue weighted by atomic mass is 16.6. The number of carbonyl (C=O) groups excluding carboxylic acids is 1. The van der Waals surface area contributed by atoms with Gasteiger partial charge in [-0.3, -0.25) is 5.32 Å². The minimum Gasteiger partial charge on any atom is -0.494 e. The third-order valence-electron chi connectivity index (χ3n) is 6.40. The molecule has 188 valence electrons. The van der Waals surface area contributed by atoms with Gasteiger partial charge in [-0.25, -0.2) is 4.79 Å². The number of hydrogen-bond donors (Lipinski definition) is 3. The van der Waals surface area contributed by atoms with E-state index in [2.05, 4.69) is 36.6 Å². The Morgan fingerprint density at radius 3 is 2.69 bits per heavy atom. The molecule has 1 aliphatic rings. The van der Waals surface area contributed by atoms with Gasteiger partial charge < -0.3 is 19.8 Å². The number of rotatable bonds is 9. The molecule has 0 atom stereocenters. The summed E-state index contributed by atoms with van der Waals surface area (Å²) in [5.41, 5.74) is 11.2. The molecular weight excluding hydrogens is 458 g/mol. The molecule has 0 aliphatic heterocycles. The number of H-pyrrole nitrogens is 1. The van der Waals surface area contributed by atoms with Crippen molar-refractivity contribution >= 4 is 28.4 Å². The van der Waals surface area contributed by atoms with E-state index in [0.717, 1.165) is 52.9 Å². The van der Waals surface area contributed by atoms with Gasteiger partial charge in [-0.1, -0.05) is 17.3 Å². The van der Waals surface area contributed by atoms with Crippen LogP contribution < -0.4 is 15.8 Å². The predicted molar refractivity (Wildman–Crippen MR) is 138 cm³/mol. The molecule has 1 amide bonds. The number of ether oxygens (including phenoxy) is 2. The van der Waals surface area contributed by atoms with Crippen molar-refractivity contribution in [3.63, 3.8) is 0 Å². The number of nitrogens with zero attached hydrogens (tertiary/aromatic N) is 4. The van der Waals surface area contributed by atoms with E-state index in [1.54, 1.807) is 0 Å². The van der Waals surface area contributed by atoms with E-state index >= 15 is 0 Å². The van der Waals surface area contributed by atoms with Gasteiger partial charge in [0.2, 0.25) is 0 Å². The zero-order valence-electron chi connectivity index (χ0n) is 20.5. The summed E-state index contributed by atoms with van der Waals surface area (Å²) in [4.78, 5) is 11.9. The Labute approximate surface area is 209 Å². The first-order valence-corrected chi connectivity index (χ1v) is 12.4. The maximum absolute atomic E-state index is 11.9. The van der Waals surface area contributed by atoms with Crippen molar-refractivity contribution in [3.8, 4) is 17.0 Å². The fraction of sp³-hybridized carbons (Fsp3) is 0.385. The molecule has 4 N–H and O–H groups in total. The lowest BCUT2D eigenvalue weighted by Crippen LogP contribution is -2.18. The van der Waals surface area contributed by atoms with E-state index in [1.165, 1.54) is 6.42 Å². The van der Waals surface area contributed by atoms with Crippen LogP contribution >= 0.6 is 0 Å². The zero-order chi connectivity index (χ0) is 25.1. The van der Waals surface area contributed by atoms with Crippen LogP contribution in [0.1, 0.15) is 51.4 Å². The molecule has 4 aromatic rings. The highest BCUT2D eigenvalue weighted by Gasteiger charge is 2.27. The van der Waals surface area contributed by atoms with Crippen LogP contribution in [0.5, 0.6) is 5.75 Å². The summed E-state index contributed by atoms with van der Waals surface area (Å²) < 4.78 is 13.6. The molecule has 0 spiro atoms. The largest absolute Gasteiger partial charge is 0.494 e. The Balaban J connectivity index is 1.39. The molecule has 36 heavy (non-hydrogen) atoms. The molecule has 5 rings (SSSR count). The number of nitrogens with one attached hydrogen (secondary N) is 2. The second-order valence-corrected chi connectivity index (χ2v) is 9.33. The molecule has 0 saturated heterocycles. The van der Waals surface area contributed by atoms with Crippen molar-refractivity contribution < 1.29 is 14.3 Å². The molecule has 1 saturated carbocycles. The summed E-state index contributed by atoms with van der Waals surface area (Å²) in [5, 5.41) is 17.8. The number of fused-ring (bicyclic) bond motifs is 1. The highest BCUT2D eigenvalue weighted by Crippen LogP contribution is 2.44. The first-order valence-electron chi connectivity index (χ1n) is 12.4. The number of tetrazole rings is 1. The Bertz CT molecular complexity index is 1330. The van der Waals surface area contributed by atoms with Crippen LogP contribution in [-0.2, 0) is 11.2 Å². The number of aromatic nitrogens is 5. The normalized spacial score (nSPS) is 13.6. The molecular formula is C26H31N7O3. The van der Waals surface area contributed by atoms with E-state index in [-0.39, 0.29) is 6.10 Å². The summed E-state index contributed by atoms with van der Waals surface area (Å²) in [6, 6.07) is 14.2. The fourth-order valence-corrected chi connectivity index (χ4v) is 4.51. The van der Waals surface area contributed by atoms with Crippen LogP contribution in [0.4, 0.5) is 16.2 Å². The number of nitrogens with two attached hydrogens (primary N) is 1. The Kier molecular flexibility index (Phi) is 6.75. The van der Waals surface area contributed by atoms with Gasteiger partial charge in [-0.2, -0.15) is 5.21 Å². The first-order chi connectivity index (χ1) is 17.5. The van der Waals surface area contributed by atoms with Gasteiger partial charge in [-0.05, 0) is 63.8 Å². The second-order valence-electron chi connectivity index (χ2n) is 9.33. The van der Waals surface area contributed by atoms with E-state index < -0.39 is 6.09 Å². The number of benzene rings is 2. The van der Waals surface area contributed by atoms with Crippen LogP contribution in [0.2, 0.25) is 0 Å². The van der Waals surface area contributed by atoms with Crippen molar-refractivity contribution in [3.05, 3.63) is 48.3 Å². The monoisotopic (exact) mass is 489 g/mol. The summed E-state index contributed by atoms with van der Waals surface area (Å²) in [5.74, 6) is 1.49. The molecule has 0 unspecified atom stereocenters. The summed E-state index contributed by atoms with van der Waals surface area (Å²) >= 11 is 0. The topological polar surface area (TPSA) is 133 Å². The summed E-state index contributed by atoms with van der Waals surface area (Å²) in [6.45, 7) is 4.19. The Hall–Kier alpha value is -4.08. The van der Waals surface area contributed by atoms with Crippen LogP contribution in [0.25, 0.3) is 22.2 Å². The van der Waals surface area contributed by atoms with Crippen LogP contribution in [0.3, 0.4) is 0 Å². The standard InChI is InChI=1S/C26H31N7O3/c1-16(2)36-26(34)28-18-10-8-17(9-11-18)25-24(27)21-13-12-20(15-22(21)33(25)19-5-3-6-19)35-14-4-7-23-29-31-32-30-23/h8-13,15-16,19H,3-7,14,27H2,1-2H3,(H,28,34)(H,29,30,31,32). The number of hydrogen-bond acceptors (Lipinski definition) is 7. The Morgan fingerprint density at radius 2 is 2.03 bits per heavy atom. The molecule has 2 aromatic carbocycles. The van der Waals surface area contributed by atoms with Crippen molar-refractivity contribution in [1.29, 1.82) is 0 Å². The predicted octanol–water partition coefficient (Wildman–Crippen LogP) is 5.10. The lowest BCUT2D eigenvalue weighted by molar-refractivity contribution is 0.130. The van der Waals surface area contributed by atoms with E-state index in [0.29, 0.717) is 30.6 Å². The van der Waals surface area contributed by atoms with Crippen molar-refractivity contribution in [2.24, 2.45) is 0 Å². The molecule has 10 nitrogen and oxygen atoms in total. The highest BCUT2D eigenvalue weighted by molar-refractivity contribution is 6.01.